The molecule has 0 aromatic heterocycles. The van der Waals surface area contributed by atoms with E-state index in [-0.39, 0.29) is 25.4 Å². The third-order valence-corrected chi connectivity index (χ3v) is 6.11. The highest BCUT2D eigenvalue weighted by Crippen LogP contribution is 2.32. The van der Waals surface area contributed by atoms with E-state index in [1.807, 2.05) is 6.07 Å². The van der Waals surface area contributed by atoms with Crippen molar-refractivity contribution in [1.82, 2.24) is 15.5 Å². The van der Waals surface area contributed by atoms with Crippen LogP contribution in [0, 0.1) is 17.2 Å². The molecule has 0 bridgehead atoms. The van der Waals surface area contributed by atoms with Crippen LogP contribution in [0.4, 0.5) is 14.5 Å². The van der Waals surface area contributed by atoms with Gasteiger partial charge in [-0.2, -0.15) is 5.26 Å². The fraction of sp³-hybridized carbons (Fsp3) is 0.545. The summed E-state index contributed by atoms with van der Waals surface area (Å²) in [5.41, 5.74) is 0.578. The number of nitrogens with zero attached hydrogens (tertiary/aromatic N) is 2. The molecule has 11 heteroatoms. The smallest absolute Gasteiger partial charge is 0.252 e. The lowest BCUT2D eigenvalue weighted by atomic mass is 9.91. The molecule has 2 fully saturated rings. The maximum Gasteiger partial charge on any atom is 0.252 e. The molecule has 8 nitrogen and oxygen atoms in total. The van der Waals surface area contributed by atoms with Crippen LogP contribution in [0.15, 0.2) is 24.3 Å². The number of nitrogens with one attached hydrogen (secondary N) is 3. The van der Waals surface area contributed by atoms with Crippen LogP contribution < -0.4 is 16.0 Å². The Morgan fingerprint density at radius 3 is 2.88 bits per heavy atom. The standard InChI is InChI=1S/C22H26ClF2N5O3/c23-15-4-1-5-16(10-15)28-13-19(31)30-8-6-22(24,25)11-18(30)21(33)29-17(12-26)9-14-3-2-7-27-20(14)32/h1,4-5,10,14,17-18,28H,2-3,6-9,11,13H2,(H,27,32)(H,29,33)/t14-,17-,18-/m0/s1. The van der Waals surface area contributed by atoms with Crippen molar-refractivity contribution in [2.45, 2.75) is 50.1 Å². The average Bonchev–Trinajstić information content (AvgIpc) is 2.77. The van der Waals surface area contributed by atoms with Crippen molar-refractivity contribution in [2.24, 2.45) is 5.92 Å². The monoisotopic (exact) mass is 481 g/mol. The molecule has 1 aromatic rings. The van der Waals surface area contributed by atoms with E-state index in [1.54, 1.807) is 24.3 Å². The Morgan fingerprint density at radius 1 is 1.39 bits per heavy atom. The van der Waals surface area contributed by atoms with Gasteiger partial charge in [0, 0.05) is 42.6 Å². The highest BCUT2D eigenvalue weighted by molar-refractivity contribution is 6.30. The molecule has 3 atom stereocenters. The van der Waals surface area contributed by atoms with E-state index >= 15 is 0 Å². The number of benzene rings is 1. The Bertz CT molecular complexity index is 939. The van der Waals surface area contributed by atoms with E-state index < -0.39 is 48.6 Å². The maximum atomic E-state index is 14.1. The summed E-state index contributed by atoms with van der Waals surface area (Å²) in [5.74, 6) is -5.08. The van der Waals surface area contributed by atoms with E-state index in [9.17, 15) is 28.4 Å². The highest BCUT2D eigenvalue weighted by Gasteiger charge is 2.45. The van der Waals surface area contributed by atoms with E-state index in [0.717, 1.165) is 11.3 Å². The Balaban J connectivity index is 1.65. The summed E-state index contributed by atoms with van der Waals surface area (Å²) >= 11 is 5.92. The predicted molar refractivity (Wildman–Crippen MR) is 118 cm³/mol. The molecule has 2 aliphatic heterocycles. The van der Waals surface area contributed by atoms with E-state index in [0.29, 0.717) is 23.7 Å². The van der Waals surface area contributed by atoms with Crippen LogP contribution in [0.1, 0.15) is 32.1 Å². The van der Waals surface area contributed by atoms with Crippen molar-refractivity contribution in [3.05, 3.63) is 29.3 Å². The minimum absolute atomic E-state index is 0.0848. The third kappa shape index (κ3) is 6.78. The van der Waals surface area contributed by atoms with Crippen LogP contribution in [-0.2, 0) is 14.4 Å². The first-order valence-corrected chi connectivity index (χ1v) is 11.2. The summed E-state index contributed by atoms with van der Waals surface area (Å²) in [4.78, 5) is 38.8. The van der Waals surface area contributed by atoms with Crippen molar-refractivity contribution in [1.29, 1.82) is 5.26 Å². The molecule has 0 spiro atoms. The molecule has 33 heavy (non-hydrogen) atoms. The molecule has 3 amide bonds. The summed E-state index contributed by atoms with van der Waals surface area (Å²) in [6, 6.07) is 6.17. The van der Waals surface area contributed by atoms with Gasteiger partial charge in [0.1, 0.15) is 12.1 Å². The molecule has 3 rings (SSSR count). The van der Waals surface area contributed by atoms with Crippen molar-refractivity contribution < 1.29 is 23.2 Å². The molecule has 2 saturated heterocycles. The molecule has 0 saturated carbocycles. The van der Waals surface area contributed by atoms with Crippen molar-refractivity contribution in [2.75, 3.05) is 25.0 Å². The predicted octanol–water partition coefficient (Wildman–Crippen LogP) is 2.30. The normalized spacial score (nSPS) is 23.1. The lowest BCUT2D eigenvalue weighted by Gasteiger charge is -2.38. The number of hydrogen-bond donors (Lipinski definition) is 3. The quantitative estimate of drug-likeness (QED) is 0.553. The highest BCUT2D eigenvalue weighted by atomic mass is 35.5. The van der Waals surface area contributed by atoms with Crippen molar-refractivity contribution in [3.63, 3.8) is 0 Å². The molecule has 0 unspecified atom stereocenters. The molecular formula is C22H26ClF2N5O3. The largest absolute Gasteiger partial charge is 0.376 e. The SMILES string of the molecule is N#C[C@H](C[C@@H]1CCCNC1=O)NC(=O)[C@@H]1CC(F)(F)CCN1C(=O)CNc1cccc(Cl)c1. The molecule has 0 radical (unpaired) electrons. The first kappa shape index (κ1) is 24.7. The number of likely N-dealkylation sites (tertiary alicyclic amines) is 1. The topological polar surface area (TPSA) is 114 Å². The minimum Gasteiger partial charge on any atom is -0.376 e. The number of amides is 3. The number of nitriles is 1. The zero-order chi connectivity index (χ0) is 24.0. The van der Waals surface area contributed by atoms with Gasteiger partial charge in [0.2, 0.25) is 17.7 Å². The third-order valence-electron chi connectivity index (χ3n) is 5.87. The van der Waals surface area contributed by atoms with Crippen LogP contribution >= 0.6 is 11.6 Å². The summed E-state index contributed by atoms with van der Waals surface area (Å²) in [5, 5.41) is 18.0. The van der Waals surface area contributed by atoms with E-state index in [2.05, 4.69) is 16.0 Å². The van der Waals surface area contributed by atoms with Gasteiger partial charge in [-0.15, -0.1) is 0 Å². The van der Waals surface area contributed by atoms with Gasteiger partial charge in [-0.25, -0.2) is 8.78 Å². The van der Waals surface area contributed by atoms with Gasteiger partial charge in [-0.1, -0.05) is 17.7 Å². The molecule has 3 N–H and O–H groups in total. The van der Waals surface area contributed by atoms with Crippen LogP contribution in [0.25, 0.3) is 0 Å². The molecule has 2 heterocycles. The summed E-state index contributed by atoms with van der Waals surface area (Å²) in [6.45, 7) is 0.0688. The fourth-order valence-electron chi connectivity index (χ4n) is 4.10. The number of carbonyl (C=O) groups is 3. The van der Waals surface area contributed by atoms with Gasteiger partial charge < -0.3 is 20.9 Å². The fourth-order valence-corrected chi connectivity index (χ4v) is 4.29. The van der Waals surface area contributed by atoms with Crippen LogP contribution in [0.2, 0.25) is 5.02 Å². The van der Waals surface area contributed by atoms with Crippen molar-refractivity contribution >= 4 is 35.0 Å². The molecule has 2 aliphatic rings. The second-order valence-electron chi connectivity index (χ2n) is 8.33. The second-order valence-corrected chi connectivity index (χ2v) is 8.77. The Morgan fingerprint density at radius 2 is 2.18 bits per heavy atom. The van der Waals surface area contributed by atoms with Crippen LogP contribution in [0.3, 0.4) is 0 Å². The first-order valence-electron chi connectivity index (χ1n) is 10.8. The number of alkyl halides is 2. The van der Waals surface area contributed by atoms with Gasteiger partial charge in [0.25, 0.3) is 5.92 Å². The second kappa shape index (κ2) is 10.8. The van der Waals surface area contributed by atoms with Crippen LogP contribution in [0.5, 0.6) is 0 Å². The lowest BCUT2D eigenvalue weighted by molar-refractivity contribution is -0.151. The van der Waals surface area contributed by atoms with E-state index in [1.165, 1.54) is 0 Å². The summed E-state index contributed by atoms with van der Waals surface area (Å²) < 4.78 is 28.2. The average molecular weight is 482 g/mol. The summed E-state index contributed by atoms with van der Waals surface area (Å²) in [7, 11) is 0. The maximum absolute atomic E-state index is 14.1. The Labute approximate surface area is 195 Å². The van der Waals surface area contributed by atoms with Crippen LogP contribution in [-0.4, -0.2) is 60.3 Å². The molecular weight excluding hydrogens is 456 g/mol. The molecule has 1 aromatic carbocycles. The van der Waals surface area contributed by atoms with E-state index in [4.69, 9.17) is 11.6 Å². The number of rotatable bonds is 7. The molecule has 0 aliphatic carbocycles. The number of carbonyl (C=O) groups excluding carboxylic acids is 3. The zero-order valence-corrected chi connectivity index (χ0v) is 18.7. The van der Waals surface area contributed by atoms with Crippen molar-refractivity contribution in [3.8, 4) is 6.07 Å². The minimum atomic E-state index is -3.11. The van der Waals surface area contributed by atoms with Gasteiger partial charge in [-0.3, -0.25) is 14.4 Å². The number of anilines is 1. The van der Waals surface area contributed by atoms with Gasteiger partial charge >= 0.3 is 0 Å². The Kier molecular flexibility index (Phi) is 8.08. The first-order chi connectivity index (χ1) is 15.7. The van der Waals surface area contributed by atoms with Gasteiger partial charge in [-0.05, 0) is 37.5 Å². The number of hydrogen-bond acceptors (Lipinski definition) is 5. The van der Waals surface area contributed by atoms with Gasteiger partial charge in [0.05, 0.1) is 12.6 Å². The summed E-state index contributed by atoms with van der Waals surface area (Å²) in [6.07, 6.45) is 0.0509. The molecule has 178 valence electrons. The van der Waals surface area contributed by atoms with Gasteiger partial charge in [0.15, 0.2) is 0 Å². The number of halogens is 3. The zero-order valence-electron chi connectivity index (χ0n) is 18.0. The number of piperidine rings is 2. The Hall–Kier alpha value is -2.93. The lowest BCUT2D eigenvalue weighted by Crippen LogP contribution is -2.58.